The highest BCUT2D eigenvalue weighted by Gasteiger charge is 1.97. The summed E-state index contributed by atoms with van der Waals surface area (Å²) >= 11 is 0. The summed E-state index contributed by atoms with van der Waals surface area (Å²) in [7, 11) is 0. The molecule has 0 saturated carbocycles. The molecule has 0 aliphatic carbocycles. The molecule has 0 radical (unpaired) electrons. The molecule has 2 heterocycles. The fourth-order valence-electron chi connectivity index (χ4n) is 0.963. The van der Waals surface area contributed by atoms with E-state index in [9.17, 15) is 9.60 Å². The number of halogens is 1. The van der Waals surface area contributed by atoms with Crippen molar-refractivity contribution in [2.45, 2.75) is 0 Å². The molecule has 0 saturated heterocycles. The molecule has 4 heteroatoms. The largest absolute Gasteiger partial charge is 0.805 e. The Hall–Kier alpha value is -1.58. The van der Waals surface area contributed by atoms with E-state index in [-0.39, 0.29) is 5.52 Å². The lowest BCUT2D eigenvalue weighted by Crippen LogP contribution is -1.84. The van der Waals surface area contributed by atoms with Crippen molar-refractivity contribution >= 4 is 11.0 Å². The highest BCUT2D eigenvalue weighted by molar-refractivity contribution is 5.75. The second-order valence-corrected chi connectivity index (χ2v) is 2.20. The van der Waals surface area contributed by atoms with Crippen molar-refractivity contribution in [1.82, 2.24) is 9.71 Å². The van der Waals surface area contributed by atoms with Crippen molar-refractivity contribution in [3.63, 3.8) is 0 Å². The van der Waals surface area contributed by atoms with Crippen molar-refractivity contribution in [2.75, 3.05) is 0 Å². The number of pyridine rings is 1. The maximum atomic E-state index is 12.5. The Morgan fingerprint density at radius 1 is 1.55 bits per heavy atom. The number of aromatic nitrogens is 2. The number of fused-ring (bicyclic) bond motifs is 1. The van der Waals surface area contributed by atoms with Gasteiger partial charge in [-0.1, -0.05) is 0 Å². The zero-order valence-electron chi connectivity index (χ0n) is 5.49. The molecule has 2 aromatic rings. The van der Waals surface area contributed by atoms with E-state index in [0.717, 1.165) is 12.3 Å². The van der Waals surface area contributed by atoms with E-state index in [1.54, 1.807) is 6.07 Å². The SMILES string of the molecule is [O-]n1ccc2ncc(F)cc21. The van der Waals surface area contributed by atoms with Crippen LogP contribution in [0.5, 0.6) is 0 Å². The summed E-state index contributed by atoms with van der Waals surface area (Å²) < 4.78 is 13.1. The normalized spacial score (nSPS) is 10.6. The fraction of sp³-hybridized carbons (Fsp3) is 0. The molecular weight excluding hydrogens is 147 g/mol. The Balaban J connectivity index is 2.87. The lowest BCUT2D eigenvalue weighted by Gasteiger charge is -2.05. The van der Waals surface area contributed by atoms with Crippen molar-refractivity contribution in [2.24, 2.45) is 0 Å². The lowest BCUT2D eigenvalue weighted by atomic mass is 10.4. The molecule has 0 atom stereocenters. The quantitative estimate of drug-likeness (QED) is 0.572. The molecule has 3 nitrogen and oxygen atoms in total. The second kappa shape index (κ2) is 1.95. The van der Waals surface area contributed by atoms with Crippen LogP contribution in [0.2, 0.25) is 0 Å². The van der Waals surface area contributed by atoms with E-state index in [1.165, 1.54) is 6.20 Å². The fourth-order valence-corrected chi connectivity index (χ4v) is 0.963. The smallest absolute Gasteiger partial charge is 0.143 e. The topological polar surface area (TPSA) is 40.9 Å². The van der Waals surface area contributed by atoms with Gasteiger partial charge in [-0.3, -0.25) is 4.98 Å². The van der Waals surface area contributed by atoms with Crippen LogP contribution in [0.25, 0.3) is 11.0 Å². The van der Waals surface area contributed by atoms with Gasteiger partial charge in [-0.25, -0.2) is 4.39 Å². The van der Waals surface area contributed by atoms with Gasteiger partial charge in [0.2, 0.25) is 0 Å². The number of rotatable bonds is 0. The zero-order chi connectivity index (χ0) is 7.84. The van der Waals surface area contributed by atoms with Crippen molar-refractivity contribution in [3.8, 4) is 0 Å². The van der Waals surface area contributed by atoms with Gasteiger partial charge in [-0.2, -0.15) is 0 Å². The molecule has 0 aliphatic heterocycles. The Labute approximate surface area is 61.7 Å². The Kier molecular flexibility index (Phi) is 1.09. The summed E-state index contributed by atoms with van der Waals surface area (Å²) in [5.74, 6) is -0.492. The van der Waals surface area contributed by atoms with Crippen LogP contribution in [0.4, 0.5) is 4.39 Å². The molecule has 0 amide bonds. The van der Waals surface area contributed by atoms with Crippen LogP contribution in [0, 0.1) is 11.0 Å². The summed E-state index contributed by atoms with van der Waals surface area (Å²) in [5.41, 5.74) is 0.784. The van der Waals surface area contributed by atoms with Gasteiger partial charge in [0.25, 0.3) is 0 Å². The summed E-state index contributed by atoms with van der Waals surface area (Å²) in [6.45, 7) is 0. The van der Waals surface area contributed by atoms with Gasteiger partial charge >= 0.3 is 0 Å². The molecule has 11 heavy (non-hydrogen) atoms. The predicted octanol–water partition coefficient (Wildman–Crippen LogP) is 1.52. The van der Waals surface area contributed by atoms with Gasteiger partial charge in [0.05, 0.1) is 17.2 Å². The van der Waals surface area contributed by atoms with E-state index >= 15 is 0 Å². The monoisotopic (exact) mass is 151 g/mol. The first-order valence-electron chi connectivity index (χ1n) is 3.07. The number of hydrogen-bond acceptors (Lipinski definition) is 2. The predicted molar refractivity (Wildman–Crippen MR) is 38.5 cm³/mol. The minimum Gasteiger partial charge on any atom is -0.805 e. The molecule has 0 unspecified atom stereocenters. The molecule has 0 aromatic carbocycles. The van der Waals surface area contributed by atoms with Gasteiger partial charge in [0.1, 0.15) is 5.82 Å². The Morgan fingerprint density at radius 3 is 3.18 bits per heavy atom. The molecule has 56 valence electrons. The first kappa shape index (κ1) is 6.15. The Morgan fingerprint density at radius 2 is 2.36 bits per heavy atom. The average molecular weight is 151 g/mol. The molecule has 0 bridgehead atoms. The minimum atomic E-state index is -0.492. The van der Waals surface area contributed by atoms with Crippen molar-refractivity contribution in [1.29, 1.82) is 0 Å². The third-order valence-corrected chi connectivity index (χ3v) is 1.47. The molecule has 2 rings (SSSR count). The summed E-state index contributed by atoms with van der Waals surface area (Å²) in [6.07, 6.45) is 2.39. The van der Waals surface area contributed by atoms with E-state index in [1.807, 2.05) is 0 Å². The minimum absolute atomic E-state index is 0.269. The van der Waals surface area contributed by atoms with Crippen LogP contribution >= 0.6 is 0 Å². The maximum Gasteiger partial charge on any atom is 0.143 e. The van der Waals surface area contributed by atoms with E-state index in [4.69, 9.17) is 0 Å². The summed E-state index contributed by atoms with van der Waals surface area (Å²) in [6, 6.07) is 2.71. The van der Waals surface area contributed by atoms with Crippen molar-refractivity contribution in [3.05, 3.63) is 35.6 Å². The van der Waals surface area contributed by atoms with Crippen LogP contribution < -0.4 is 0 Å². The van der Waals surface area contributed by atoms with Crippen LogP contribution in [-0.2, 0) is 0 Å². The number of hydrogen-bond donors (Lipinski definition) is 0. The summed E-state index contributed by atoms with van der Waals surface area (Å²) in [5, 5.41) is 10.8. The summed E-state index contributed by atoms with van der Waals surface area (Å²) in [4.78, 5) is 3.71. The maximum absolute atomic E-state index is 12.5. The second-order valence-electron chi connectivity index (χ2n) is 2.20. The Bertz CT molecular complexity index is 396. The molecule has 0 fully saturated rings. The molecular formula is C7H4FN2O-. The molecule has 0 spiro atoms. The van der Waals surface area contributed by atoms with Crippen LogP contribution in [0.1, 0.15) is 0 Å². The molecule has 0 aliphatic rings. The number of nitrogens with zero attached hydrogens (tertiary/aromatic N) is 2. The highest BCUT2D eigenvalue weighted by atomic mass is 19.1. The van der Waals surface area contributed by atoms with Crippen molar-refractivity contribution < 1.29 is 4.39 Å². The first-order chi connectivity index (χ1) is 5.27. The molecule has 2 aromatic heterocycles. The van der Waals surface area contributed by atoms with E-state index < -0.39 is 5.82 Å². The zero-order valence-corrected chi connectivity index (χ0v) is 5.49. The van der Waals surface area contributed by atoms with E-state index in [2.05, 4.69) is 4.98 Å². The third-order valence-electron chi connectivity index (χ3n) is 1.47. The van der Waals surface area contributed by atoms with Gasteiger partial charge in [-0.15, -0.1) is 0 Å². The van der Waals surface area contributed by atoms with Gasteiger partial charge in [-0.05, 0) is 6.07 Å². The average Bonchev–Trinajstić information content (AvgIpc) is 2.33. The van der Waals surface area contributed by atoms with E-state index in [0.29, 0.717) is 10.2 Å². The molecule has 0 N–H and O–H groups in total. The first-order valence-corrected chi connectivity index (χ1v) is 3.07. The van der Waals surface area contributed by atoms with Crippen LogP contribution in [-0.4, -0.2) is 9.71 Å². The van der Waals surface area contributed by atoms with Crippen LogP contribution in [0.3, 0.4) is 0 Å². The highest BCUT2D eigenvalue weighted by Crippen LogP contribution is 2.12. The van der Waals surface area contributed by atoms with Gasteiger partial charge in [0, 0.05) is 12.3 Å². The lowest BCUT2D eigenvalue weighted by molar-refractivity contribution is 0.623. The van der Waals surface area contributed by atoms with Gasteiger partial charge in [0.15, 0.2) is 0 Å². The standard InChI is InChI=1S/C7H4FN2O/c8-5-3-7-6(9-4-5)1-2-10(7)11/h1-4H/q-1. The van der Waals surface area contributed by atoms with Gasteiger partial charge < -0.3 is 9.94 Å². The third kappa shape index (κ3) is 0.832. The van der Waals surface area contributed by atoms with Crippen LogP contribution in [0.15, 0.2) is 24.5 Å².